The molecule has 0 fully saturated rings. The largest absolute Gasteiger partial charge is 0.347 e. The number of H-pyrrole nitrogens is 1. The second-order valence-electron chi connectivity index (χ2n) is 3.62. The first kappa shape index (κ1) is 11.8. The molecule has 0 bridgehead atoms. The summed E-state index contributed by atoms with van der Waals surface area (Å²) >= 11 is 5.60. The Morgan fingerprint density at radius 2 is 2.08 bits per heavy atom. The summed E-state index contributed by atoms with van der Waals surface area (Å²) < 4.78 is 0. The number of nitrogens with zero attached hydrogens (tertiary/aromatic N) is 1. The summed E-state index contributed by atoms with van der Waals surface area (Å²) in [4.78, 5) is 7.33. The standard InChI is InChI=1S/C8H13ClN2.ClH/c1-8(2,3)6-5-10-7(4-9)11-6;/h5H,4H2,1-3H3,(H,10,11);1H. The van der Waals surface area contributed by atoms with Crippen molar-refractivity contribution in [2.24, 2.45) is 0 Å². The predicted molar refractivity (Wildman–Crippen MR) is 54.1 cm³/mol. The smallest absolute Gasteiger partial charge is 0.121 e. The molecule has 0 aromatic carbocycles. The van der Waals surface area contributed by atoms with Crippen LogP contribution in [-0.2, 0) is 11.3 Å². The van der Waals surface area contributed by atoms with Crippen LogP contribution in [0.5, 0.6) is 0 Å². The lowest BCUT2D eigenvalue weighted by Crippen LogP contribution is -2.11. The average Bonchev–Trinajstić information content (AvgIpc) is 2.32. The van der Waals surface area contributed by atoms with Crippen molar-refractivity contribution in [2.45, 2.75) is 32.1 Å². The zero-order chi connectivity index (χ0) is 8.48. The molecule has 0 radical (unpaired) electrons. The van der Waals surface area contributed by atoms with Crippen molar-refractivity contribution in [3.63, 3.8) is 0 Å². The van der Waals surface area contributed by atoms with Gasteiger partial charge in [0.05, 0.1) is 11.6 Å². The van der Waals surface area contributed by atoms with Crippen molar-refractivity contribution >= 4 is 24.0 Å². The maximum Gasteiger partial charge on any atom is 0.121 e. The zero-order valence-electron chi connectivity index (χ0n) is 7.52. The molecular formula is C8H14Cl2N2. The molecule has 0 aliphatic carbocycles. The SMILES string of the molecule is CC(C)(C)c1c[nH]c(CCl)n1.Cl. The second kappa shape index (κ2) is 4.15. The molecule has 0 unspecified atom stereocenters. The van der Waals surface area contributed by atoms with E-state index >= 15 is 0 Å². The predicted octanol–water partition coefficient (Wildman–Crippen LogP) is 2.87. The van der Waals surface area contributed by atoms with E-state index in [-0.39, 0.29) is 17.8 Å². The quantitative estimate of drug-likeness (QED) is 0.708. The van der Waals surface area contributed by atoms with E-state index < -0.39 is 0 Å². The highest BCUT2D eigenvalue weighted by molar-refractivity contribution is 6.16. The van der Waals surface area contributed by atoms with E-state index in [0.717, 1.165) is 11.5 Å². The Morgan fingerprint density at radius 3 is 2.33 bits per heavy atom. The van der Waals surface area contributed by atoms with Crippen LogP contribution in [0, 0.1) is 0 Å². The molecular weight excluding hydrogens is 195 g/mol. The highest BCUT2D eigenvalue weighted by Gasteiger charge is 2.16. The van der Waals surface area contributed by atoms with Crippen LogP contribution >= 0.6 is 24.0 Å². The van der Waals surface area contributed by atoms with Gasteiger partial charge in [0.25, 0.3) is 0 Å². The van der Waals surface area contributed by atoms with Gasteiger partial charge in [0, 0.05) is 11.6 Å². The van der Waals surface area contributed by atoms with Crippen LogP contribution in [0.4, 0.5) is 0 Å². The number of halogens is 2. The molecule has 1 rings (SSSR count). The van der Waals surface area contributed by atoms with E-state index in [1.54, 1.807) is 0 Å². The van der Waals surface area contributed by atoms with Gasteiger partial charge in [-0.3, -0.25) is 0 Å². The summed E-state index contributed by atoms with van der Waals surface area (Å²) in [5.74, 6) is 1.30. The summed E-state index contributed by atoms with van der Waals surface area (Å²) in [5.41, 5.74) is 1.18. The topological polar surface area (TPSA) is 28.7 Å². The Kier molecular flexibility index (Phi) is 4.08. The highest BCUT2D eigenvalue weighted by atomic mass is 35.5. The lowest BCUT2D eigenvalue weighted by molar-refractivity contribution is 0.571. The van der Waals surface area contributed by atoms with Gasteiger partial charge in [-0.05, 0) is 0 Å². The number of aromatic amines is 1. The molecule has 0 amide bonds. The fourth-order valence-electron chi connectivity index (χ4n) is 0.814. The molecule has 0 aliphatic heterocycles. The van der Waals surface area contributed by atoms with Gasteiger partial charge < -0.3 is 4.98 Å². The van der Waals surface area contributed by atoms with Crippen molar-refractivity contribution in [3.8, 4) is 0 Å². The van der Waals surface area contributed by atoms with Crippen LogP contribution in [0.1, 0.15) is 32.3 Å². The number of alkyl halides is 1. The van der Waals surface area contributed by atoms with E-state index in [1.165, 1.54) is 0 Å². The summed E-state index contributed by atoms with van der Waals surface area (Å²) in [7, 11) is 0. The van der Waals surface area contributed by atoms with E-state index in [4.69, 9.17) is 11.6 Å². The van der Waals surface area contributed by atoms with E-state index in [2.05, 4.69) is 30.7 Å². The third-order valence-electron chi connectivity index (χ3n) is 1.53. The number of imidazole rings is 1. The Morgan fingerprint density at radius 1 is 1.50 bits per heavy atom. The second-order valence-corrected chi connectivity index (χ2v) is 3.88. The fraction of sp³-hybridized carbons (Fsp3) is 0.625. The van der Waals surface area contributed by atoms with Gasteiger partial charge in [-0.25, -0.2) is 4.98 Å². The highest BCUT2D eigenvalue weighted by Crippen LogP contribution is 2.19. The Labute approximate surface area is 84.1 Å². The minimum atomic E-state index is 0. The zero-order valence-corrected chi connectivity index (χ0v) is 9.09. The van der Waals surface area contributed by atoms with Gasteiger partial charge in [-0.1, -0.05) is 20.8 Å². The van der Waals surface area contributed by atoms with Crippen molar-refractivity contribution in [1.82, 2.24) is 9.97 Å². The number of hydrogen-bond donors (Lipinski definition) is 1. The van der Waals surface area contributed by atoms with E-state index in [0.29, 0.717) is 5.88 Å². The van der Waals surface area contributed by atoms with Crippen molar-refractivity contribution in [3.05, 3.63) is 17.7 Å². The molecule has 2 nitrogen and oxygen atoms in total. The van der Waals surface area contributed by atoms with Gasteiger partial charge in [0.2, 0.25) is 0 Å². The molecule has 1 heterocycles. The fourth-order valence-corrected chi connectivity index (χ4v) is 0.951. The van der Waals surface area contributed by atoms with E-state index in [1.807, 2.05) is 6.20 Å². The lowest BCUT2D eigenvalue weighted by Gasteiger charge is -2.13. The van der Waals surface area contributed by atoms with Gasteiger partial charge in [-0.2, -0.15) is 0 Å². The van der Waals surface area contributed by atoms with Crippen molar-refractivity contribution in [1.29, 1.82) is 0 Å². The molecule has 0 spiro atoms. The van der Waals surface area contributed by atoms with Crippen LogP contribution < -0.4 is 0 Å². The van der Waals surface area contributed by atoms with Gasteiger partial charge in [0.15, 0.2) is 0 Å². The summed E-state index contributed by atoms with van der Waals surface area (Å²) in [6.45, 7) is 6.38. The number of rotatable bonds is 1. The molecule has 0 atom stereocenters. The molecule has 1 aromatic heterocycles. The van der Waals surface area contributed by atoms with Crippen LogP contribution in [0.3, 0.4) is 0 Å². The lowest BCUT2D eigenvalue weighted by atomic mass is 9.93. The summed E-state index contributed by atoms with van der Waals surface area (Å²) in [5, 5.41) is 0. The van der Waals surface area contributed by atoms with E-state index in [9.17, 15) is 0 Å². The van der Waals surface area contributed by atoms with Gasteiger partial charge in [0.1, 0.15) is 5.82 Å². The first-order valence-corrected chi connectivity index (χ1v) is 4.18. The molecule has 12 heavy (non-hydrogen) atoms. The van der Waals surface area contributed by atoms with Crippen LogP contribution in [0.2, 0.25) is 0 Å². The molecule has 1 aromatic rings. The number of hydrogen-bond acceptors (Lipinski definition) is 1. The van der Waals surface area contributed by atoms with Crippen molar-refractivity contribution in [2.75, 3.05) is 0 Å². The average molecular weight is 209 g/mol. The maximum absolute atomic E-state index is 5.60. The van der Waals surface area contributed by atoms with Crippen LogP contribution in [-0.4, -0.2) is 9.97 Å². The minimum Gasteiger partial charge on any atom is -0.347 e. The third-order valence-corrected chi connectivity index (χ3v) is 1.78. The molecule has 0 aliphatic rings. The Hall–Kier alpha value is -0.210. The molecule has 0 saturated heterocycles. The minimum absolute atomic E-state index is 0. The monoisotopic (exact) mass is 208 g/mol. The van der Waals surface area contributed by atoms with Gasteiger partial charge >= 0.3 is 0 Å². The first-order valence-electron chi connectivity index (χ1n) is 3.65. The number of nitrogens with one attached hydrogen (secondary N) is 1. The normalized spacial score (nSPS) is 11.0. The number of aromatic nitrogens is 2. The Balaban J connectivity index is 0.00000121. The third kappa shape index (κ3) is 2.68. The first-order chi connectivity index (χ1) is 5.04. The molecule has 0 saturated carbocycles. The summed E-state index contributed by atoms with van der Waals surface area (Å²) in [6.07, 6.45) is 1.91. The molecule has 1 N–H and O–H groups in total. The molecule has 4 heteroatoms. The molecule has 70 valence electrons. The maximum atomic E-state index is 5.60. The Bertz CT molecular complexity index is 237. The van der Waals surface area contributed by atoms with Gasteiger partial charge in [-0.15, -0.1) is 24.0 Å². The van der Waals surface area contributed by atoms with Crippen molar-refractivity contribution < 1.29 is 0 Å². The van der Waals surface area contributed by atoms with Crippen LogP contribution in [0.15, 0.2) is 6.20 Å². The van der Waals surface area contributed by atoms with Crippen LogP contribution in [0.25, 0.3) is 0 Å². The summed E-state index contributed by atoms with van der Waals surface area (Å²) in [6, 6.07) is 0.